The molecule has 0 spiro atoms. The predicted octanol–water partition coefficient (Wildman–Crippen LogP) is 4.20. The Morgan fingerprint density at radius 1 is 1.08 bits per heavy atom. The topological polar surface area (TPSA) is 52.0 Å². The summed E-state index contributed by atoms with van der Waals surface area (Å²) in [5, 5.41) is 7.89. The zero-order chi connectivity index (χ0) is 16.5. The third-order valence-electron chi connectivity index (χ3n) is 4.40. The Hall–Kier alpha value is -2.34. The molecule has 3 aromatic rings. The van der Waals surface area contributed by atoms with Crippen LogP contribution in [0.3, 0.4) is 0 Å². The molecule has 2 heterocycles. The SMILES string of the molecule is COc1ccc([C@H]2C[C@@H](c3ccc(Br)cc3)Nc3ncnn32)cc1. The lowest BCUT2D eigenvalue weighted by atomic mass is 9.93. The molecule has 0 bridgehead atoms. The van der Waals surface area contributed by atoms with Crippen LogP contribution in [0.4, 0.5) is 5.95 Å². The van der Waals surface area contributed by atoms with E-state index in [2.05, 4.69) is 67.7 Å². The van der Waals surface area contributed by atoms with E-state index in [9.17, 15) is 0 Å². The van der Waals surface area contributed by atoms with Crippen molar-refractivity contribution < 1.29 is 4.74 Å². The van der Waals surface area contributed by atoms with Crippen LogP contribution in [0.25, 0.3) is 0 Å². The number of fused-ring (bicyclic) bond motifs is 1. The molecule has 0 saturated carbocycles. The van der Waals surface area contributed by atoms with E-state index in [4.69, 9.17) is 4.74 Å². The number of halogens is 1. The molecule has 0 unspecified atom stereocenters. The van der Waals surface area contributed by atoms with E-state index in [1.54, 1.807) is 13.4 Å². The first-order chi connectivity index (χ1) is 11.7. The van der Waals surface area contributed by atoms with E-state index in [0.717, 1.165) is 22.6 Å². The highest BCUT2D eigenvalue weighted by molar-refractivity contribution is 9.10. The Bertz CT molecular complexity index is 829. The van der Waals surface area contributed by atoms with Gasteiger partial charge in [-0.3, -0.25) is 0 Å². The Labute approximate surface area is 148 Å². The molecule has 6 heteroatoms. The molecule has 2 atom stereocenters. The number of methoxy groups -OCH3 is 1. The lowest BCUT2D eigenvalue weighted by molar-refractivity contribution is 0.411. The van der Waals surface area contributed by atoms with E-state index >= 15 is 0 Å². The smallest absolute Gasteiger partial charge is 0.222 e. The Morgan fingerprint density at radius 2 is 1.79 bits per heavy atom. The highest BCUT2D eigenvalue weighted by Crippen LogP contribution is 2.37. The quantitative estimate of drug-likeness (QED) is 0.735. The number of ether oxygens (including phenoxy) is 1. The second-order valence-electron chi connectivity index (χ2n) is 5.80. The number of hydrogen-bond acceptors (Lipinski definition) is 4. The zero-order valence-electron chi connectivity index (χ0n) is 13.2. The number of hydrogen-bond donors (Lipinski definition) is 1. The standard InChI is InChI=1S/C18H17BrN4O/c1-24-15-8-4-13(5-9-15)17-10-16(12-2-6-14(19)7-3-12)22-18-20-11-21-23(17)18/h2-9,11,16-17H,10H2,1H3,(H,20,21,22)/t16-,17+/m0/s1. The summed E-state index contributed by atoms with van der Waals surface area (Å²) in [6.07, 6.45) is 2.51. The monoisotopic (exact) mass is 384 g/mol. The molecule has 0 fully saturated rings. The molecule has 0 amide bonds. The zero-order valence-corrected chi connectivity index (χ0v) is 14.8. The molecule has 0 saturated heterocycles. The number of aromatic nitrogens is 3. The van der Waals surface area contributed by atoms with Crippen molar-refractivity contribution in [1.82, 2.24) is 14.8 Å². The van der Waals surface area contributed by atoms with Crippen molar-refractivity contribution in [3.63, 3.8) is 0 Å². The summed E-state index contributed by atoms with van der Waals surface area (Å²) in [6.45, 7) is 0. The minimum atomic E-state index is 0.142. The van der Waals surface area contributed by atoms with Gasteiger partial charge in [-0.2, -0.15) is 10.1 Å². The van der Waals surface area contributed by atoms with Gasteiger partial charge >= 0.3 is 0 Å². The van der Waals surface area contributed by atoms with Gasteiger partial charge in [0.15, 0.2) is 0 Å². The van der Waals surface area contributed by atoms with Crippen molar-refractivity contribution in [1.29, 1.82) is 0 Å². The average molecular weight is 385 g/mol. The minimum absolute atomic E-state index is 0.142. The van der Waals surface area contributed by atoms with Crippen LogP contribution in [0.2, 0.25) is 0 Å². The van der Waals surface area contributed by atoms with Crippen LogP contribution in [0.1, 0.15) is 29.6 Å². The lowest BCUT2D eigenvalue weighted by Crippen LogP contribution is -2.28. The van der Waals surface area contributed by atoms with Gasteiger partial charge in [0.2, 0.25) is 5.95 Å². The van der Waals surface area contributed by atoms with Crippen LogP contribution in [0, 0.1) is 0 Å². The van der Waals surface area contributed by atoms with Crippen molar-refractivity contribution >= 4 is 21.9 Å². The number of nitrogens with one attached hydrogen (secondary N) is 1. The van der Waals surface area contributed by atoms with Crippen molar-refractivity contribution in [2.45, 2.75) is 18.5 Å². The molecule has 1 N–H and O–H groups in total. The number of rotatable bonds is 3. The molecule has 5 nitrogen and oxygen atoms in total. The van der Waals surface area contributed by atoms with E-state index in [-0.39, 0.29) is 12.1 Å². The van der Waals surface area contributed by atoms with E-state index in [1.807, 2.05) is 16.8 Å². The minimum Gasteiger partial charge on any atom is -0.497 e. The summed E-state index contributed by atoms with van der Waals surface area (Å²) >= 11 is 3.49. The normalized spacial score (nSPS) is 19.4. The van der Waals surface area contributed by atoms with E-state index in [0.29, 0.717) is 0 Å². The van der Waals surface area contributed by atoms with Gasteiger partial charge in [-0.05, 0) is 41.8 Å². The number of anilines is 1. The maximum Gasteiger partial charge on any atom is 0.222 e. The average Bonchev–Trinajstić information content (AvgIpc) is 3.10. The Kier molecular flexibility index (Phi) is 3.98. The van der Waals surface area contributed by atoms with Crippen LogP contribution < -0.4 is 10.1 Å². The maximum atomic E-state index is 5.26. The largest absolute Gasteiger partial charge is 0.497 e. The van der Waals surface area contributed by atoms with Crippen molar-refractivity contribution in [3.8, 4) is 5.75 Å². The van der Waals surface area contributed by atoms with Gasteiger partial charge in [-0.25, -0.2) is 4.68 Å². The van der Waals surface area contributed by atoms with Crippen LogP contribution in [-0.2, 0) is 0 Å². The molecule has 0 radical (unpaired) electrons. The Morgan fingerprint density at radius 3 is 2.50 bits per heavy atom. The molecule has 24 heavy (non-hydrogen) atoms. The Balaban J connectivity index is 1.69. The molecule has 4 rings (SSSR count). The van der Waals surface area contributed by atoms with Gasteiger partial charge < -0.3 is 10.1 Å². The first-order valence-corrected chi connectivity index (χ1v) is 8.59. The van der Waals surface area contributed by atoms with Gasteiger partial charge in [-0.15, -0.1) is 0 Å². The van der Waals surface area contributed by atoms with Gasteiger partial charge in [0.25, 0.3) is 0 Å². The molecular formula is C18H17BrN4O. The summed E-state index contributed by atoms with van der Waals surface area (Å²) in [6, 6.07) is 16.9. The predicted molar refractivity (Wildman–Crippen MR) is 96.3 cm³/mol. The molecule has 1 aliphatic heterocycles. The van der Waals surface area contributed by atoms with E-state index < -0.39 is 0 Å². The van der Waals surface area contributed by atoms with Crippen LogP contribution in [-0.4, -0.2) is 21.9 Å². The van der Waals surface area contributed by atoms with Crippen molar-refractivity contribution in [2.24, 2.45) is 0 Å². The van der Waals surface area contributed by atoms with Crippen molar-refractivity contribution in [3.05, 3.63) is 70.5 Å². The molecule has 1 aliphatic rings. The van der Waals surface area contributed by atoms with Gasteiger partial charge in [0, 0.05) is 4.47 Å². The summed E-state index contributed by atoms with van der Waals surface area (Å²) in [5.74, 6) is 1.66. The van der Waals surface area contributed by atoms with Gasteiger partial charge in [0.1, 0.15) is 12.1 Å². The fraction of sp³-hybridized carbons (Fsp3) is 0.222. The summed E-state index contributed by atoms with van der Waals surface area (Å²) in [7, 11) is 1.68. The second kappa shape index (κ2) is 6.28. The second-order valence-corrected chi connectivity index (χ2v) is 6.72. The molecule has 122 valence electrons. The lowest BCUT2D eigenvalue weighted by Gasteiger charge is -2.31. The maximum absolute atomic E-state index is 5.26. The number of benzene rings is 2. The van der Waals surface area contributed by atoms with Crippen LogP contribution in [0.15, 0.2) is 59.3 Å². The van der Waals surface area contributed by atoms with E-state index in [1.165, 1.54) is 11.1 Å². The first kappa shape index (κ1) is 15.2. The highest BCUT2D eigenvalue weighted by Gasteiger charge is 2.29. The third kappa shape index (κ3) is 2.78. The van der Waals surface area contributed by atoms with Crippen LogP contribution >= 0.6 is 15.9 Å². The summed E-state index contributed by atoms with van der Waals surface area (Å²) in [5.41, 5.74) is 2.44. The molecule has 0 aliphatic carbocycles. The van der Waals surface area contributed by atoms with Gasteiger partial charge in [0.05, 0.1) is 19.2 Å². The van der Waals surface area contributed by atoms with Gasteiger partial charge in [-0.1, -0.05) is 40.2 Å². The summed E-state index contributed by atoms with van der Waals surface area (Å²) < 4.78 is 8.30. The van der Waals surface area contributed by atoms with Crippen LogP contribution in [0.5, 0.6) is 5.75 Å². The molecular weight excluding hydrogens is 368 g/mol. The number of nitrogens with zero attached hydrogens (tertiary/aromatic N) is 3. The highest BCUT2D eigenvalue weighted by atomic mass is 79.9. The third-order valence-corrected chi connectivity index (χ3v) is 4.93. The fourth-order valence-electron chi connectivity index (χ4n) is 3.14. The first-order valence-electron chi connectivity index (χ1n) is 7.80. The fourth-order valence-corrected chi connectivity index (χ4v) is 3.40. The van der Waals surface area contributed by atoms with Crippen molar-refractivity contribution in [2.75, 3.05) is 12.4 Å². The molecule has 2 aromatic carbocycles. The summed E-state index contributed by atoms with van der Waals surface area (Å²) in [4.78, 5) is 4.37. The molecule has 1 aromatic heterocycles.